The van der Waals surface area contributed by atoms with Crippen LogP contribution in [0, 0.1) is 0 Å². The maximum atomic E-state index is 12.1. The van der Waals surface area contributed by atoms with E-state index in [0.717, 1.165) is 11.4 Å². The summed E-state index contributed by atoms with van der Waals surface area (Å²) in [5.74, 6) is -0.107. The summed E-state index contributed by atoms with van der Waals surface area (Å²) in [5.41, 5.74) is 2.97. The van der Waals surface area contributed by atoms with Crippen LogP contribution in [-0.4, -0.2) is 29.7 Å². The predicted molar refractivity (Wildman–Crippen MR) is 103 cm³/mol. The van der Waals surface area contributed by atoms with E-state index in [1.807, 2.05) is 42.5 Å². The van der Waals surface area contributed by atoms with E-state index in [1.165, 1.54) is 5.56 Å². The average molecular weight is 362 g/mol. The molecule has 0 saturated carbocycles. The molecule has 1 heterocycles. The van der Waals surface area contributed by atoms with Crippen molar-refractivity contribution >= 4 is 29.7 Å². The highest BCUT2D eigenvalue weighted by Gasteiger charge is 2.27. The quantitative estimate of drug-likeness (QED) is 0.660. The molecule has 4 N–H and O–H groups in total. The predicted octanol–water partition coefficient (Wildman–Crippen LogP) is 2.94. The molecule has 3 atom stereocenters. The highest BCUT2D eigenvalue weighted by atomic mass is 35.5. The summed E-state index contributed by atoms with van der Waals surface area (Å²) in [6.45, 7) is 2.58. The highest BCUT2D eigenvalue weighted by molar-refractivity contribution is 5.95. The molecule has 0 spiro atoms. The van der Waals surface area contributed by atoms with Gasteiger partial charge in [-0.05, 0) is 43.2 Å². The number of carbonyl (C=O) groups is 1. The van der Waals surface area contributed by atoms with E-state index >= 15 is 0 Å². The first-order valence-electron chi connectivity index (χ1n) is 8.25. The van der Waals surface area contributed by atoms with Gasteiger partial charge in [0.05, 0.1) is 12.1 Å². The minimum Gasteiger partial charge on any atom is -0.392 e. The molecular weight excluding hydrogens is 338 g/mol. The lowest BCUT2D eigenvalue weighted by atomic mass is 10.1. The molecule has 1 fully saturated rings. The summed E-state index contributed by atoms with van der Waals surface area (Å²) >= 11 is 0. The lowest BCUT2D eigenvalue weighted by molar-refractivity contribution is -0.117. The Morgan fingerprint density at radius 1 is 1.12 bits per heavy atom. The number of rotatable bonds is 5. The van der Waals surface area contributed by atoms with Gasteiger partial charge in [-0.25, -0.2) is 0 Å². The third-order valence-corrected chi connectivity index (χ3v) is 4.26. The van der Waals surface area contributed by atoms with Gasteiger partial charge < -0.3 is 21.1 Å². The number of carbonyl (C=O) groups excluding carboxylic acids is 1. The minimum atomic E-state index is -0.438. The first-order chi connectivity index (χ1) is 11.6. The Bertz CT molecular complexity index is 679. The van der Waals surface area contributed by atoms with Gasteiger partial charge >= 0.3 is 0 Å². The van der Waals surface area contributed by atoms with Gasteiger partial charge in [-0.15, -0.1) is 12.4 Å². The Morgan fingerprint density at radius 3 is 2.36 bits per heavy atom. The molecule has 2 aromatic rings. The van der Waals surface area contributed by atoms with Crippen LogP contribution in [0.5, 0.6) is 0 Å². The van der Waals surface area contributed by atoms with Crippen molar-refractivity contribution in [3.63, 3.8) is 0 Å². The fraction of sp³-hybridized carbons (Fsp3) is 0.316. The normalized spacial score (nSPS) is 20.4. The van der Waals surface area contributed by atoms with Crippen LogP contribution in [0.25, 0.3) is 0 Å². The average Bonchev–Trinajstić information content (AvgIpc) is 3.04. The zero-order valence-electron chi connectivity index (χ0n) is 14.1. The van der Waals surface area contributed by atoms with Gasteiger partial charge in [-0.2, -0.15) is 0 Å². The molecule has 134 valence electrons. The Balaban J connectivity index is 0.00000225. The smallest absolute Gasteiger partial charge is 0.241 e. The monoisotopic (exact) mass is 361 g/mol. The molecule has 1 aliphatic rings. The Hall–Kier alpha value is -2.08. The van der Waals surface area contributed by atoms with Gasteiger partial charge in [0.15, 0.2) is 0 Å². The number of aliphatic hydroxyl groups excluding tert-OH is 1. The second-order valence-electron chi connectivity index (χ2n) is 6.19. The maximum absolute atomic E-state index is 12.1. The summed E-state index contributed by atoms with van der Waals surface area (Å²) < 4.78 is 0. The fourth-order valence-corrected chi connectivity index (χ4v) is 2.87. The third kappa shape index (κ3) is 5.19. The van der Waals surface area contributed by atoms with Gasteiger partial charge in [0.2, 0.25) is 5.91 Å². The van der Waals surface area contributed by atoms with Gasteiger partial charge in [0.1, 0.15) is 0 Å². The van der Waals surface area contributed by atoms with Crippen molar-refractivity contribution < 1.29 is 9.90 Å². The number of anilines is 2. The van der Waals surface area contributed by atoms with Gasteiger partial charge in [-0.3, -0.25) is 4.79 Å². The molecule has 3 unspecified atom stereocenters. The van der Waals surface area contributed by atoms with Crippen molar-refractivity contribution in [1.29, 1.82) is 0 Å². The summed E-state index contributed by atoms with van der Waals surface area (Å²) in [6, 6.07) is 17.8. The number of halogens is 1. The van der Waals surface area contributed by atoms with Crippen LogP contribution < -0.4 is 16.0 Å². The largest absolute Gasteiger partial charge is 0.392 e. The SMILES string of the molecule is CC(Nc1ccc(NC(=O)C2CC(O)CN2)cc1)c1ccccc1.Cl. The second kappa shape index (κ2) is 8.85. The van der Waals surface area contributed by atoms with Crippen molar-refractivity contribution in [2.24, 2.45) is 0 Å². The Labute approximate surface area is 154 Å². The fourth-order valence-electron chi connectivity index (χ4n) is 2.87. The van der Waals surface area contributed by atoms with E-state index < -0.39 is 6.10 Å². The van der Waals surface area contributed by atoms with Gasteiger partial charge in [0, 0.05) is 24.0 Å². The molecule has 0 aromatic heterocycles. The van der Waals surface area contributed by atoms with Crippen LogP contribution in [0.3, 0.4) is 0 Å². The number of hydrogen-bond acceptors (Lipinski definition) is 4. The number of amides is 1. The molecular formula is C19H24ClN3O2. The van der Waals surface area contributed by atoms with E-state index in [1.54, 1.807) is 0 Å². The van der Waals surface area contributed by atoms with Crippen LogP contribution in [0.15, 0.2) is 54.6 Å². The number of hydrogen-bond donors (Lipinski definition) is 4. The minimum absolute atomic E-state index is 0. The molecule has 6 heteroatoms. The molecule has 1 aliphatic heterocycles. The van der Waals surface area contributed by atoms with E-state index in [0.29, 0.717) is 13.0 Å². The lowest BCUT2D eigenvalue weighted by Crippen LogP contribution is -2.35. The topological polar surface area (TPSA) is 73.4 Å². The Kier molecular flexibility index (Phi) is 6.82. The van der Waals surface area contributed by atoms with E-state index in [-0.39, 0.29) is 30.4 Å². The highest BCUT2D eigenvalue weighted by Crippen LogP contribution is 2.21. The molecule has 0 aliphatic carbocycles. The van der Waals surface area contributed by atoms with Crippen molar-refractivity contribution in [1.82, 2.24) is 5.32 Å². The molecule has 1 saturated heterocycles. The second-order valence-corrected chi connectivity index (χ2v) is 6.19. The van der Waals surface area contributed by atoms with Crippen LogP contribution in [-0.2, 0) is 4.79 Å². The van der Waals surface area contributed by atoms with Crippen LogP contribution in [0.1, 0.15) is 24.9 Å². The first-order valence-corrected chi connectivity index (χ1v) is 8.25. The van der Waals surface area contributed by atoms with Crippen LogP contribution in [0.2, 0.25) is 0 Å². The third-order valence-electron chi connectivity index (χ3n) is 4.26. The molecule has 2 aromatic carbocycles. The van der Waals surface area contributed by atoms with E-state index in [2.05, 4.69) is 35.0 Å². The van der Waals surface area contributed by atoms with Gasteiger partial charge in [-0.1, -0.05) is 30.3 Å². The first kappa shape index (κ1) is 19.2. The zero-order valence-corrected chi connectivity index (χ0v) is 14.9. The van der Waals surface area contributed by atoms with Crippen molar-refractivity contribution in [2.45, 2.75) is 31.5 Å². The molecule has 0 radical (unpaired) electrons. The van der Waals surface area contributed by atoms with Crippen molar-refractivity contribution in [3.8, 4) is 0 Å². The van der Waals surface area contributed by atoms with E-state index in [4.69, 9.17) is 0 Å². The maximum Gasteiger partial charge on any atom is 0.241 e. The summed E-state index contributed by atoms with van der Waals surface area (Å²) in [6.07, 6.45) is 0.0202. The lowest BCUT2D eigenvalue weighted by Gasteiger charge is -2.16. The number of benzene rings is 2. The zero-order chi connectivity index (χ0) is 16.9. The van der Waals surface area contributed by atoms with Gasteiger partial charge in [0.25, 0.3) is 0 Å². The van der Waals surface area contributed by atoms with E-state index in [9.17, 15) is 9.90 Å². The van der Waals surface area contributed by atoms with Crippen molar-refractivity contribution in [2.75, 3.05) is 17.2 Å². The number of nitrogens with one attached hydrogen (secondary N) is 3. The molecule has 25 heavy (non-hydrogen) atoms. The van der Waals surface area contributed by atoms with Crippen LogP contribution >= 0.6 is 12.4 Å². The molecule has 0 bridgehead atoms. The number of β-amino-alcohol motifs (C(OH)–C–C–N with tert-alkyl or cyclic N) is 1. The standard InChI is InChI=1S/C19H23N3O2.ClH/c1-13(14-5-3-2-4-6-14)21-15-7-9-16(10-8-15)22-19(24)18-11-17(23)12-20-18;/h2-10,13,17-18,20-21,23H,11-12H2,1H3,(H,22,24);1H. The summed E-state index contributed by atoms with van der Waals surface area (Å²) in [5, 5.41) is 18.8. The van der Waals surface area contributed by atoms with Crippen LogP contribution in [0.4, 0.5) is 11.4 Å². The molecule has 3 rings (SSSR count). The van der Waals surface area contributed by atoms with Crippen molar-refractivity contribution in [3.05, 3.63) is 60.2 Å². The molecule has 5 nitrogen and oxygen atoms in total. The molecule has 1 amide bonds. The summed E-state index contributed by atoms with van der Waals surface area (Å²) in [4.78, 5) is 12.1. The summed E-state index contributed by atoms with van der Waals surface area (Å²) in [7, 11) is 0. The number of aliphatic hydroxyl groups is 1. The Morgan fingerprint density at radius 2 is 1.76 bits per heavy atom.